The first kappa shape index (κ1) is 14.9. The first-order chi connectivity index (χ1) is 12.7. The number of aryl methyl sites for hydroxylation is 2. The lowest BCUT2D eigenvalue weighted by atomic mass is 10.0. The van der Waals surface area contributed by atoms with E-state index in [0.29, 0.717) is 0 Å². The molecule has 0 amide bonds. The lowest BCUT2D eigenvalue weighted by Crippen LogP contribution is -2.07. The van der Waals surface area contributed by atoms with Crippen molar-refractivity contribution >= 4 is 16.8 Å². The van der Waals surface area contributed by atoms with Gasteiger partial charge in [-0.3, -0.25) is 9.67 Å². The summed E-state index contributed by atoms with van der Waals surface area (Å²) in [6, 6.07) is 8.18. The Morgan fingerprint density at radius 3 is 2.85 bits per heavy atom. The molecule has 6 nitrogen and oxygen atoms in total. The Labute approximate surface area is 150 Å². The number of fused-ring (bicyclic) bond motifs is 2. The van der Waals surface area contributed by atoms with E-state index < -0.39 is 0 Å². The Morgan fingerprint density at radius 1 is 1.08 bits per heavy atom. The van der Waals surface area contributed by atoms with Gasteiger partial charge in [-0.25, -0.2) is 4.98 Å². The van der Waals surface area contributed by atoms with Gasteiger partial charge < -0.3 is 9.30 Å². The number of benzene rings is 1. The van der Waals surface area contributed by atoms with Crippen LogP contribution in [0.1, 0.15) is 11.3 Å². The van der Waals surface area contributed by atoms with Crippen molar-refractivity contribution in [1.29, 1.82) is 0 Å². The van der Waals surface area contributed by atoms with Crippen molar-refractivity contribution in [3.8, 4) is 16.9 Å². The zero-order chi connectivity index (χ0) is 17.7. The fourth-order valence-electron chi connectivity index (χ4n) is 3.35. The van der Waals surface area contributed by atoms with Crippen LogP contribution in [0.3, 0.4) is 0 Å². The van der Waals surface area contributed by atoms with Crippen LogP contribution in [0.15, 0.2) is 55.3 Å². The number of pyridine rings is 1. The van der Waals surface area contributed by atoms with Crippen LogP contribution in [0, 0.1) is 0 Å². The van der Waals surface area contributed by atoms with Crippen molar-refractivity contribution in [2.24, 2.45) is 14.1 Å². The van der Waals surface area contributed by atoms with Gasteiger partial charge in [0.05, 0.1) is 29.3 Å². The summed E-state index contributed by atoms with van der Waals surface area (Å²) in [5, 5.41) is 4.27. The topological polar surface area (TPSA) is 57.8 Å². The van der Waals surface area contributed by atoms with E-state index in [9.17, 15) is 0 Å². The highest BCUT2D eigenvalue weighted by molar-refractivity contribution is 5.81. The Hall–Kier alpha value is -3.41. The number of hydrogen-bond donors (Lipinski definition) is 0. The van der Waals surface area contributed by atoms with Gasteiger partial charge in [-0.05, 0) is 30.3 Å². The van der Waals surface area contributed by atoms with Gasteiger partial charge in [0, 0.05) is 49.6 Å². The molecular formula is C20H17N5O. The maximum Gasteiger partial charge on any atom is 0.157 e. The minimum absolute atomic E-state index is 0.735. The van der Waals surface area contributed by atoms with Gasteiger partial charge in [0.1, 0.15) is 5.76 Å². The van der Waals surface area contributed by atoms with Crippen LogP contribution in [0.25, 0.3) is 27.9 Å². The molecule has 3 aromatic heterocycles. The van der Waals surface area contributed by atoms with Gasteiger partial charge in [-0.1, -0.05) is 0 Å². The largest absolute Gasteiger partial charge is 0.454 e. The summed E-state index contributed by atoms with van der Waals surface area (Å²) < 4.78 is 10.1. The Kier molecular flexibility index (Phi) is 3.18. The lowest BCUT2D eigenvalue weighted by Gasteiger charge is -2.20. The van der Waals surface area contributed by atoms with E-state index in [-0.39, 0.29) is 0 Å². The molecule has 0 unspecified atom stereocenters. The second-order valence-corrected chi connectivity index (χ2v) is 6.47. The summed E-state index contributed by atoms with van der Waals surface area (Å²) in [6.45, 7) is 0. The number of allylic oxidation sites excluding steroid dienone is 1. The molecule has 0 fully saturated rings. The van der Waals surface area contributed by atoms with Gasteiger partial charge in [0.15, 0.2) is 5.75 Å². The van der Waals surface area contributed by atoms with Crippen molar-refractivity contribution in [2.45, 2.75) is 6.42 Å². The minimum Gasteiger partial charge on any atom is -0.454 e. The summed E-state index contributed by atoms with van der Waals surface area (Å²) in [7, 11) is 3.90. The fourth-order valence-corrected chi connectivity index (χ4v) is 3.35. The molecule has 1 aliphatic rings. The van der Waals surface area contributed by atoms with Crippen LogP contribution in [-0.4, -0.2) is 24.3 Å². The van der Waals surface area contributed by atoms with Crippen LogP contribution >= 0.6 is 0 Å². The van der Waals surface area contributed by atoms with Crippen LogP contribution in [0.4, 0.5) is 0 Å². The summed E-state index contributed by atoms with van der Waals surface area (Å²) in [5.74, 6) is 1.64. The molecule has 0 N–H and O–H groups in total. The van der Waals surface area contributed by atoms with Gasteiger partial charge >= 0.3 is 0 Å². The minimum atomic E-state index is 0.735. The zero-order valence-corrected chi connectivity index (χ0v) is 14.5. The van der Waals surface area contributed by atoms with E-state index >= 15 is 0 Å². The van der Waals surface area contributed by atoms with Crippen LogP contribution < -0.4 is 4.74 Å². The molecular weight excluding hydrogens is 326 g/mol. The van der Waals surface area contributed by atoms with E-state index in [1.165, 1.54) is 0 Å². The maximum atomic E-state index is 6.30. The molecule has 6 heteroatoms. The number of rotatable bonds is 2. The predicted molar refractivity (Wildman–Crippen MR) is 99.5 cm³/mol. The Morgan fingerprint density at radius 2 is 2.00 bits per heavy atom. The van der Waals surface area contributed by atoms with E-state index in [4.69, 9.17) is 4.74 Å². The molecule has 0 bridgehead atoms. The first-order valence-corrected chi connectivity index (χ1v) is 8.45. The molecule has 0 aliphatic carbocycles. The normalized spacial score (nSPS) is 13.4. The quantitative estimate of drug-likeness (QED) is 0.560. The van der Waals surface area contributed by atoms with Crippen LogP contribution in [0.2, 0.25) is 0 Å². The zero-order valence-electron chi connectivity index (χ0n) is 14.5. The monoisotopic (exact) mass is 343 g/mol. The number of nitrogens with zero attached hydrogens (tertiary/aromatic N) is 5. The van der Waals surface area contributed by atoms with E-state index in [1.807, 2.05) is 49.6 Å². The van der Waals surface area contributed by atoms with Crippen LogP contribution in [0.5, 0.6) is 5.75 Å². The number of hydrogen-bond acceptors (Lipinski definition) is 4. The molecule has 1 aromatic carbocycles. The Balaban J connectivity index is 1.56. The van der Waals surface area contributed by atoms with Crippen LogP contribution in [-0.2, 0) is 20.5 Å². The SMILES string of the molecule is Cn1cc(-c2ccnc3c2OC(c2ccc4c(c2)ncn4C)=CC3)cn1. The second-order valence-electron chi connectivity index (χ2n) is 6.47. The van der Waals surface area contributed by atoms with Crippen molar-refractivity contribution in [1.82, 2.24) is 24.3 Å². The van der Waals surface area contributed by atoms with E-state index in [0.717, 1.165) is 51.3 Å². The standard InChI is InChI=1S/C20H17N5O/c1-24-12-22-17-9-13(3-5-18(17)24)19-6-4-16-20(26-19)15(7-8-21-16)14-10-23-25(2)11-14/h3,5-12H,4H2,1-2H3. The third kappa shape index (κ3) is 2.30. The first-order valence-electron chi connectivity index (χ1n) is 8.45. The van der Waals surface area contributed by atoms with Gasteiger partial charge in [-0.15, -0.1) is 0 Å². The van der Waals surface area contributed by atoms with Crippen molar-refractivity contribution in [2.75, 3.05) is 0 Å². The predicted octanol–water partition coefficient (Wildman–Crippen LogP) is 3.34. The molecule has 4 heterocycles. The number of ether oxygens (including phenoxy) is 1. The van der Waals surface area contributed by atoms with Crippen molar-refractivity contribution in [3.63, 3.8) is 0 Å². The average molecular weight is 343 g/mol. The smallest absolute Gasteiger partial charge is 0.157 e. The fraction of sp³-hybridized carbons (Fsp3) is 0.150. The molecule has 128 valence electrons. The molecule has 1 aliphatic heterocycles. The molecule has 26 heavy (non-hydrogen) atoms. The second kappa shape index (κ2) is 5.56. The molecule has 5 rings (SSSR count). The molecule has 0 spiro atoms. The molecule has 0 atom stereocenters. The third-order valence-corrected chi connectivity index (χ3v) is 4.70. The van der Waals surface area contributed by atoms with Crippen molar-refractivity contribution in [3.05, 3.63) is 66.5 Å². The number of imidazole rings is 1. The van der Waals surface area contributed by atoms with Crippen molar-refractivity contribution < 1.29 is 4.74 Å². The van der Waals surface area contributed by atoms with Gasteiger partial charge in [0.25, 0.3) is 0 Å². The maximum absolute atomic E-state index is 6.30. The highest BCUT2D eigenvalue weighted by Gasteiger charge is 2.20. The Bertz CT molecular complexity index is 1170. The highest BCUT2D eigenvalue weighted by Crippen LogP contribution is 2.38. The summed E-state index contributed by atoms with van der Waals surface area (Å²) in [5.41, 5.74) is 6.04. The summed E-state index contributed by atoms with van der Waals surface area (Å²) in [6.07, 6.45) is 10.3. The van der Waals surface area contributed by atoms with E-state index in [2.05, 4.69) is 39.3 Å². The summed E-state index contributed by atoms with van der Waals surface area (Å²) >= 11 is 0. The van der Waals surface area contributed by atoms with Gasteiger partial charge in [0.2, 0.25) is 0 Å². The summed E-state index contributed by atoms with van der Waals surface area (Å²) in [4.78, 5) is 8.92. The molecule has 0 saturated carbocycles. The highest BCUT2D eigenvalue weighted by atomic mass is 16.5. The molecule has 0 saturated heterocycles. The molecule has 0 radical (unpaired) electrons. The van der Waals surface area contributed by atoms with Gasteiger partial charge in [-0.2, -0.15) is 5.10 Å². The third-order valence-electron chi connectivity index (χ3n) is 4.70. The van der Waals surface area contributed by atoms with E-state index in [1.54, 1.807) is 4.68 Å². The lowest BCUT2D eigenvalue weighted by molar-refractivity contribution is 0.495. The number of aromatic nitrogens is 5. The average Bonchev–Trinajstić information content (AvgIpc) is 3.26. The molecule has 4 aromatic rings.